The average Bonchev–Trinajstić information content (AvgIpc) is 2.29. The van der Waals surface area contributed by atoms with E-state index in [1.807, 2.05) is 7.05 Å². The van der Waals surface area contributed by atoms with Gasteiger partial charge in [-0.2, -0.15) is 0 Å². The van der Waals surface area contributed by atoms with Crippen molar-refractivity contribution in [3.05, 3.63) is 29.6 Å². The molecular weight excluding hydrogens is 215 g/mol. The second-order valence-electron chi connectivity index (χ2n) is 4.89. The monoisotopic (exact) mass is 236 g/mol. The molecule has 0 spiro atoms. The lowest BCUT2D eigenvalue weighted by Crippen LogP contribution is -2.37. The molecule has 2 rings (SSSR count). The Morgan fingerprint density at radius 1 is 1.35 bits per heavy atom. The van der Waals surface area contributed by atoms with Gasteiger partial charge in [0, 0.05) is 24.8 Å². The van der Waals surface area contributed by atoms with E-state index < -0.39 is 0 Å². The fraction of sp³-hybridized carbons (Fsp3) is 0.571. The van der Waals surface area contributed by atoms with Crippen LogP contribution >= 0.6 is 0 Å². The van der Waals surface area contributed by atoms with Gasteiger partial charge in [0.15, 0.2) is 0 Å². The van der Waals surface area contributed by atoms with Gasteiger partial charge in [-0.3, -0.25) is 0 Å². The van der Waals surface area contributed by atoms with Crippen LogP contribution in [0.2, 0.25) is 0 Å². The van der Waals surface area contributed by atoms with Crippen LogP contribution in [0.3, 0.4) is 0 Å². The Labute approximate surface area is 103 Å². The quantitative estimate of drug-likeness (QED) is 0.868. The third kappa shape index (κ3) is 2.97. The summed E-state index contributed by atoms with van der Waals surface area (Å²) in [5.74, 6) is -0.134. The molecule has 1 aromatic carbocycles. The summed E-state index contributed by atoms with van der Waals surface area (Å²) in [5.41, 5.74) is 2.04. The van der Waals surface area contributed by atoms with E-state index in [4.69, 9.17) is 0 Å². The van der Waals surface area contributed by atoms with Gasteiger partial charge in [-0.15, -0.1) is 0 Å². The maximum Gasteiger partial charge on any atom is 0.125 e. The number of hydrogen-bond donors (Lipinski definition) is 1. The molecule has 1 N–H and O–H groups in total. The minimum absolute atomic E-state index is 0.134. The van der Waals surface area contributed by atoms with E-state index >= 15 is 0 Å². The van der Waals surface area contributed by atoms with E-state index in [9.17, 15) is 4.39 Å². The maximum absolute atomic E-state index is 13.6. The van der Waals surface area contributed by atoms with Gasteiger partial charge >= 0.3 is 0 Å². The maximum atomic E-state index is 13.6. The standard InChI is InChI=1S/C14H21FN2/c1-11-5-3-4-6-17(11)14-8-12(10-16-2)7-13(15)9-14/h7-9,11,16H,3-6,10H2,1-2H3. The molecule has 1 fully saturated rings. The third-order valence-electron chi connectivity index (χ3n) is 3.46. The van der Waals surface area contributed by atoms with Gasteiger partial charge in [0.05, 0.1) is 0 Å². The zero-order valence-corrected chi connectivity index (χ0v) is 10.7. The van der Waals surface area contributed by atoms with Crippen molar-refractivity contribution < 1.29 is 4.39 Å². The lowest BCUT2D eigenvalue weighted by atomic mass is 10.0. The van der Waals surface area contributed by atoms with E-state index in [0.717, 1.165) is 17.8 Å². The highest BCUT2D eigenvalue weighted by molar-refractivity contribution is 5.50. The molecule has 1 unspecified atom stereocenters. The lowest BCUT2D eigenvalue weighted by Gasteiger charge is -2.35. The normalized spacial score (nSPS) is 20.6. The van der Waals surface area contributed by atoms with Gasteiger partial charge < -0.3 is 10.2 Å². The number of piperidine rings is 1. The van der Waals surface area contributed by atoms with Gasteiger partial charge in [0.25, 0.3) is 0 Å². The molecule has 0 saturated carbocycles. The minimum Gasteiger partial charge on any atom is -0.369 e. The number of nitrogens with one attached hydrogen (secondary N) is 1. The number of rotatable bonds is 3. The largest absolute Gasteiger partial charge is 0.369 e. The molecular formula is C14H21FN2. The van der Waals surface area contributed by atoms with E-state index in [1.165, 1.54) is 19.3 Å². The zero-order chi connectivity index (χ0) is 12.3. The van der Waals surface area contributed by atoms with Crippen LogP contribution in [0.4, 0.5) is 10.1 Å². The first-order valence-electron chi connectivity index (χ1n) is 6.41. The SMILES string of the molecule is CNCc1cc(F)cc(N2CCCCC2C)c1. The van der Waals surface area contributed by atoms with Gasteiger partial charge in [0.1, 0.15) is 5.82 Å². The fourth-order valence-corrected chi connectivity index (χ4v) is 2.59. The summed E-state index contributed by atoms with van der Waals surface area (Å²) in [6, 6.07) is 5.88. The number of benzene rings is 1. The van der Waals surface area contributed by atoms with E-state index in [1.54, 1.807) is 12.1 Å². The smallest absolute Gasteiger partial charge is 0.125 e. The van der Waals surface area contributed by atoms with Crippen LogP contribution in [-0.2, 0) is 6.54 Å². The lowest BCUT2D eigenvalue weighted by molar-refractivity contribution is 0.483. The molecule has 1 atom stereocenters. The molecule has 94 valence electrons. The molecule has 17 heavy (non-hydrogen) atoms. The predicted octanol–water partition coefficient (Wildman–Crippen LogP) is 2.92. The molecule has 3 heteroatoms. The summed E-state index contributed by atoms with van der Waals surface area (Å²) in [4.78, 5) is 2.33. The van der Waals surface area contributed by atoms with Crippen molar-refractivity contribution in [1.82, 2.24) is 5.32 Å². The van der Waals surface area contributed by atoms with Crippen LogP contribution in [0.1, 0.15) is 31.7 Å². The zero-order valence-electron chi connectivity index (χ0n) is 10.7. The molecule has 2 nitrogen and oxygen atoms in total. The first-order valence-corrected chi connectivity index (χ1v) is 6.41. The second kappa shape index (κ2) is 5.50. The first-order chi connectivity index (χ1) is 8.20. The van der Waals surface area contributed by atoms with Crippen LogP contribution in [0.15, 0.2) is 18.2 Å². The minimum atomic E-state index is -0.134. The topological polar surface area (TPSA) is 15.3 Å². The van der Waals surface area contributed by atoms with Gasteiger partial charge in [-0.25, -0.2) is 4.39 Å². The Morgan fingerprint density at radius 2 is 2.18 bits per heavy atom. The van der Waals surface area contributed by atoms with E-state index in [-0.39, 0.29) is 5.82 Å². The molecule has 1 aliphatic rings. The van der Waals surface area contributed by atoms with Crippen LogP contribution < -0.4 is 10.2 Å². The average molecular weight is 236 g/mol. The molecule has 1 heterocycles. The summed E-state index contributed by atoms with van der Waals surface area (Å²) >= 11 is 0. The second-order valence-corrected chi connectivity index (χ2v) is 4.89. The van der Waals surface area contributed by atoms with Crippen molar-refractivity contribution in [3.63, 3.8) is 0 Å². The number of nitrogens with zero attached hydrogens (tertiary/aromatic N) is 1. The summed E-state index contributed by atoms with van der Waals surface area (Å²) in [6.45, 7) is 3.98. The molecule has 0 bridgehead atoms. The third-order valence-corrected chi connectivity index (χ3v) is 3.46. The summed E-state index contributed by atoms with van der Waals surface area (Å²) in [6.07, 6.45) is 3.70. The molecule has 0 aliphatic carbocycles. The van der Waals surface area contributed by atoms with Crippen LogP contribution in [0.5, 0.6) is 0 Å². The fourth-order valence-electron chi connectivity index (χ4n) is 2.59. The number of anilines is 1. The highest BCUT2D eigenvalue weighted by Gasteiger charge is 2.19. The Hall–Kier alpha value is -1.09. The predicted molar refractivity (Wildman–Crippen MR) is 69.8 cm³/mol. The van der Waals surface area contributed by atoms with Crippen molar-refractivity contribution >= 4 is 5.69 Å². The van der Waals surface area contributed by atoms with Crippen LogP contribution in [0.25, 0.3) is 0 Å². The Kier molecular flexibility index (Phi) is 4.00. The molecule has 1 saturated heterocycles. The summed E-state index contributed by atoms with van der Waals surface area (Å²) < 4.78 is 13.6. The molecule has 1 aromatic rings. The molecule has 0 amide bonds. The number of hydrogen-bond acceptors (Lipinski definition) is 2. The summed E-state index contributed by atoms with van der Waals surface area (Å²) in [5, 5.41) is 3.07. The van der Waals surface area contributed by atoms with Crippen LogP contribution in [0, 0.1) is 5.82 Å². The van der Waals surface area contributed by atoms with Crippen molar-refractivity contribution in [2.45, 2.75) is 38.8 Å². The van der Waals surface area contributed by atoms with Gasteiger partial charge in [0.2, 0.25) is 0 Å². The van der Waals surface area contributed by atoms with Crippen molar-refractivity contribution in [3.8, 4) is 0 Å². The molecule has 0 aromatic heterocycles. The number of halogens is 1. The van der Waals surface area contributed by atoms with Crippen molar-refractivity contribution in [1.29, 1.82) is 0 Å². The highest BCUT2D eigenvalue weighted by Crippen LogP contribution is 2.26. The van der Waals surface area contributed by atoms with Gasteiger partial charge in [-0.05, 0) is 57.0 Å². The highest BCUT2D eigenvalue weighted by atomic mass is 19.1. The van der Waals surface area contributed by atoms with E-state index in [2.05, 4.69) is 23.2 Å². The van der Waals surface area contributed by atoms with Gasteiger partial charge in [-0.1, -0.05) is 0 Å². The molecule has 1 aliphatic heterocycles. The summed E-state index contributed by atoms with van der Waals surface area (Å²) in [7, 11) is 1.88. The Bertz CT molecular complexity index is 378. The Morgan fingerprint density at radius 3 is 2.88 bits per heavy atom. The molecule has 0 radical (unpaired) electrons. The first kappa shape index (κ1) is 12.4. The van der Waals surface area contributed by atoms with Crippen molar-refractivity contribution in [2.75, 3.05) is 18.5 Å². The Balaban J connectivity index is 2.24. The van der Waals surface area contributed by atoms with Crippen molar-refractivity contribution in [2.24, 2.45) is 0 Å². The van der Waals surface area contributed by atoms with Crippen LogP contribution in [-0.4, -0.2) is 19.6 Å². The van der Waals surface area contributed by atoms with E-state index in [0.29, 0.717) is 12.6 Å².